The summed E-state index contributed by atoms with van der Waals surface area (Å²) in [6.45, 7) is 2.84. The fraction of sp³-hybridized carbons (Fsp3) is 0.600. The van der Waals surface area contributed by atoms with Crippen LogP contribution in [-0.4, -0.2) is 47.9 Å². The Bertz CT molecular complexity index is 413. The number of halogens is 2. The summed E-state index contributed by atoms with van der Waals surface area (Å²) in [6, 6.07) is 10.7. The third-order valence-corrected chi connectivity index (χ3v) is 4.11. The maximum Gasteiger partial charge on any atom is 0.272 e. The van der Waals surface area contributed by atoms with Gasteiger partial charge in [0.1, 0.15) is 0 Å². The summed E-state index contributed by atoms with van der Waals surface area (Å²) < 4.78 is 25.9. The molecule has 1 unspecified atom stereocenters. The van der Waals surface area contributed by atoms with Gasteiger partial charge in [0, 0.05) is 19.1 Å². The van der Waals surface area contributed by atoms with Crippen molar-refractivity contribution in [3.63, 3.8) is 0 Å². The van der Waals surface area contributed by atoms with Gasteiger partial charge >= 0.3 is 0 Å². The van der Waals surface area contributed by atoms with E-state index in [1.165, 1.54) is 5.56 Å². The molecule has 104 valence electrons. The van der Waals surface area contributed by atoms with Gasteiger partial charge in [0.2, 0.25) is 0 Å². The fourth-order valence-electron chi connectivity index (χ4n) is 3.12. The molecule has 3 rings (SSSR count). The van der Waals surface area contributed by atoms with Crippen LogP contribution in [0.15, 0.2) is 30.3 Å². The highest BCUT2D eigenvalue weighted by atomic mass is 19.3. The molecule has 0 aromatic heterocycles. The van der Waals surface area contributed by atoms with Crippen molar-refractivity contribution in [2.24, 2.45) is 0 Å². The first kappa shape index (κ1) is 13.0. The molecule has 2 aliphatic heterocycles. The topological polar surface area (TPSA) is 6.48 Å². The summed E-state index contributed by atoms with van der Waals surface area (Å²) in [4.78, 5) is 4.33. The highest BCUT2D eigenvalue weighted by Crippen LogP contribution is 2.31. The minimum atomic E-state index is -2.44. The van der Waals surface area contributed by atoms with E-state index in [4.69, 9.17) is 0 Å². The van der Waals surface area contributed by atoms with Crippen LogP contribution in [0.1, 0.15) is 18.4 Å². The van der Waals surface area contributed by atoms with Gasteiger partial charge < -0.3 is 0 Å². The number of rotatable bonds is 3. The van der Waals surface area contributed by atoms with E-state index in [0.29, 0.717) is 6.04 Å². The number of nitrogens with zero attached hydrogens (tertiary/aromatic N) is 2. The van der Waals surface area contributed by atoms with Gasteiger partial charge in [-0.3, -0.25) is 9.80 Å². The van der Waals surface area contributed by atoms with Crippen molar-refractivity contribution in [1.29, 1.82) is 0 Å². The molecule has 19 heavy (non-hydrogen) atoms. The van der Waals surface area contributed by atoms with Gasteiger partial charge in [-0.05, 0) is 24.9 Å². The molecule has 4 heteroatoms. The highest BCUT2D eigenvalue weighted by molar-refractivity contribution is 5.14. The van der Waals surface area contributed by atoms with E-state index in [-0.39, 0.29) is 13.1 Å². The lowest BCUT2D eigenvalue weighted by Crippen LogP contribution is -2.62. The summed E-state index contributed by atoms with van der Waals surface area (Å²) in [5.74, 6) is -2.44. The van der Waals surface area contributed by atoms with Crippen molar-refractivity contribution in [3.05, 3.63) is 35.9 Å². The van der Waals surface area contributed by atoms with Crippen LogP contribution in [0.4, 0.5) is 8.78 Å². The molecule has 2 aliphatic rings. The Morgan fingerprint density at radius 2 is 1.89 bits per heavy atom. The average Bonchev–Trinajstić information content (AvgIpc) is 2.37. The molecule has 2 heterocycles. The molecule has 0 radical (unpaired) electrons. The average molecular weight is 266 g/mol. The zero-order valence-corrected chi connectivity index (χ0v) is 11.1. The van der Waals surface area contributed by atoms with Crippen LogP contribution >= 0.6 is 0 Å². The molecule has 1 aromatic rings. The summed E-state index contributed by atoms with van der Waals surface area (Å²) in [6.07, 6.45) is 2.17. The lowest BCUT2D eigenvalue weighted by molar-refractivity contribution is -0.152. The van der Waals surface area contributed by atoms with Crippen LogP contribution in [0.2, 0.25) is 0 Å². The SMILES string of the molecule is FC1(F)CN(C2CCCN(Cc3ccccc3)C2)C1. The van der Waals surface area contributed by atoms with E-state index in [1.54, 1.807) is 0 Å². The van der Waals surface area contributed by atoms with Gasteiger partial charge in [-0.25, -0.2) is 8.78 Å². The smallest absolute Gasteiger partial charge is 0.272 e. The van der Waals surface area contributed by atoms with E-state index >= 15 is 0 Å². The van der Waals surface area contributed by atoms with Gasteiger partial charge in [-0.2, -0.15) is 0 Å². The predicted molar refractivity (Wildman–Crippen MR) is 71.3 cm³/mol. The van der Waals surface area contributed by atoms with Crippen molar-refractivity contribution in [2.45, 2.75) is 31.4 Å². The molecule has 0 spiro atoms. The molecular weight excluding hydrogens is 246 g/mol. The van der Waals surface area contributed by atoms with Crippen molar-refractivity contribution in [3.8, 4) is 0 Å². The molecule has 2 fully saturated rings. The predicted octanol–water partition coefficient (Wildman–Crippen LogP) is 2.60. The summed E-state index contributed by atoms with van der Waals surface area (Å²) in [5.41, 5.74) is 1.30. The quantitative estimate of drug-likeness (QED) is 0.829. The zero-order valence-electron chi connectivity index (χ0n) is 11.1. The molecule has 1 atom stereocenters. The minimum Gasteiger partial charge on any atom is -0.298 e. The maximum atomic E-state index is 12.9. The Kier molecular flexibility index (Phi) is 3.54. The molecule has 0 saturated carbocycles. The summed E-state index contributed by atoms with van der Waals surface area (Å²) in [5, 5.41) is 0. The number of piperidine rings is 1. The first-order valence-corrected chi connectivity index (χ1v) is 7.01. The molecule has 0 N–H and O–H groups in total. The van der Waals surface area contributed by atoms with Gasteiger partial charge in [-0.1, -0.05) is 30.3 Å². The van der Waals surface area contributed by atoms with Gasteiger partial charge in [0.15, 0.2) is 0 Å². The number of hydrogen-bond acceptors (Lipinski definition) is 2. The highest BCUT2D eigenvalue weighted by Gasteiger charge is 2.47. The van der Waals surface area contributed by atoms with Crippen molar-refractivity contribution >= 4 is 0 Å². The van der Waals surface area contributed by atoms with Crippen LogP contribution in [0.25, 0.3) is 0 Å². The van der Waals surface area contributed by atoms with Crippen molar-refractivity contribution in [1.82, 2.24) is 9.80 Å². The van der Waals surface area contributed by atoms with Crippen LogP contribution < -0.4 is 0 Å². The van der Waals surface area contributed by atoms with Crippen molar-refractivity contribution < 1.29 is 8.78 Å². The van der Waals surface area contributed by atoms with Crippen LogP contribution in [0.5, 0.6) is 0 Å². The van der Waals surface area contributed by atoms with Crippen LogP contribution in [-0.2, 0) is 6.54 Å². The van der Waals surface area contributed by atoms with E-state index in [2.05, 4.69) is 17.0 Å². The third-order valence-electron chi connectivity index (χ3n) is 4.11. The standard InChI is InChI=1S/C15H20F2N2/c16-15(17)11-19(12-15)14-7-4-8-18(10-14)9-13-5-2-1-3-6-13/h1-3,5-6,14H,4,7-12H2. The van der Waals surface area contributed by atoms with Gasteiger partial charge in [0.05, 0.1) is 13.1 Å². The normalized spacial score (nSPS) is 28.0. The zero-order chi connectivity index (χ0) is 13.3. The fourth-order valence-corrected chi connectivity index (χ4v) is 3.12. The lowest BCUT2D eigenvalue weighted by Gasteiger charge is -2.47. The Morgan fingerprint density at radius 3 is 2.58 bits per heavy atom. The molecule has 0 bridgehead atoms. The minimum absolute atomic E-state index is 0.0448. The van der Waals surface area contributed by atoms with Crippen LogP contribution in [0, 0.1) is 0 Å². The summed E-state index contributed by atoms with van der Waals surface area (Å²) >= 11 is 0. The first-order chi connectivity index (χ1) is 9.12. The second-order valence-corrected chi connectivity index (χ2v) is 5.78. The Labute approximate surface area is 113 Å². The lowest BCUT2D eigenvalue weighted by atomic mass is 9.98. The van der Waals surface area contributed by atoms with E-state index < -0.39 is 5.92 Å². The second-order valence-electron chi connectivity index (χ2n) is 5.78. The number of likely N-dealkylation sites (tertiary alicyclic amines) is 2. The Hall–Kier alpha value is -1.00. The van der Waals surface area contributed by atoms with E-state index in [0.717, 1.165) is 32.5 Å². The Morgan fingerprint density at radius 1 is 1.16 bits per heavy atom. The summed E-state index contributed by atoms with van der Waals surface area (Å²) in [7, 11) is 0. The molecule has 0 aliphatic carbocycles. The number of alkyl halides is 2. The number of hydrogen-bond donors (Lipinski definition) is 0. The molecule has 1 aromatic carbocycles. The monoisotopic (exact) mass is 266 g/mol. The molecular formula is C15H20F2N2. The van der Waals surface area contributed by atoms with Crippen molar-refractivity contribution in [2.75, 3.05) is 26.2 Å². The van der Waals surface area contributed by atoms with Crippen LogP contribution in [0.3, 0.4) is 0 Å². The van der Waals surface area contributed by atoms with Gasteiger partial charge in [0.25, 0.3) is 5.92 Å². The third kappa shape index (κ3) is 3.12. The van der Waals surface area contributed by atoms with Gasteiger partial charge in [-0.15, -0.1) is 0 Å². The maximum absolute atomic E-state index is 12.9. The first-order valence-electron chi connectivity index (χ1n) is 7.01. The largest absolute Gasteiger partial charge is 0.298 e. The Balaban J connectivity index is 1.54. The van der Waals surface area contributed by atoms with E-state index in [1.807, 2.05) is 23.1 Å². The number of benzene rings is 1. The van der Waals surface area contributed by atoms with E-state index in [9.17, 15) is 8.78 Å². The second kappa shape index (κ2) is 5.17. The molecule has 2 saturated heterocycles. The molecule has 2 nitrogen and oxygen atoms in total. The molecule has 0 amide bonds.